The van der Waals surface area contributed by atoms with Crippen LogP contribution in [0.2, 0.25) is 0 Å². The molecule has 8 heteroatoms. The van der Waals surface area contributed by atoms with Crippen molar-refractivity contribution >= 4 is 22.9 Å². The molecule has 1 N–H and O–H groups in total. The molecule has 0 aliphatic rings. The van der Waals surface area contributed by atoms with Crippen molar-refractivity contribution in [2.75, 3.05) is 5.32 Å². The fourth-order valence-corrected chi connectivity index (χ4v) is 2.22. The van der Waals surface area contributed by atoms with Crippen LogP contribution in [0.4, 0.5) is 19.0 Å². The van der Waals surface area contributed by atoms with Gasteiger partial charge in [-0.1, -0.05) is 0 Å². The molecule has 0 saturated carbocycles. The minimum atomic E-state index is -4.47. The molecule has 0 aliphatic heterocycles. The zero-order chi connectivity index (χ0) is 14.9. The first-order valence-electron chi connectivity index (χ1n) is 6.09. The predicted octanol–water partition coefficient (Wildman–Crippen LogP) is 3.57. The Kier molecular flexibility index (Phi) is 4.08. The molecule has 0 aromatic carbocycles. The summed E-state index contributed by atoms with van der Waals surface area (Å²) in [6, 6.07) is 0.969. The van der Waals surface area contributed by atoms with Crippen molar-refractivity contribution in [1.29, 1.82) is 0 Å². The third-order valence-electron chi connectivity index (χ3n) is 2.74. The van der Waals surface area contributed by atoms with Crippen molar-refractivity contribution in [3.8, 4) is 0 Å². The molecule has 4 nitrogen and oxygen atoms in total. The van der Waals surface area contributed by atoms with E-state index in [9.17, 15) is 13.2 Å². The second-order valence-electron chi connectivity index (χ2n) is 4.69. The number of anilines is 1. The van der Waals surface area contributed by atoms with Crippen molar-refractivity contribution in [3.05, 3.63) is 24.2 Å². The number of rotatable bonds is 4. The topological polar surface area (TPSA) is 42.2 Å². The van der Waals surface area contributed by atoms with Crippen molar-refractivity contribution in [1.82, 2.24) is 14.6 Å². The molecule has 0 bridgehead atoms. The first kappa shape index (κ1) is 14.9. The SMILES string of the molecule is CC(Cl)CC(C)Nc1nccn2nc(C(F)(F)F)cc12. The zero-order valence-electron chi connectivity index (χ0n) is 10.9. The summed E-state index contributed by atoms with van der Waals surface area (Å²) < 4.78 is 39.1. The van der Waals surface area contributed by atoms with Crippen LogP contribution in [0.5, 0.6) is 0 Å². The molecule has 20 heavy (non-hydrogen) atoms. The van der Waals surface area contributed by atoms with Crippen LogP contribution in [0.1, 0.15) is 26.0 Å². The van der Waals surface area contributed by atoms with Crippen LogP contribution in [0.15, 0.2) is 18.5 Å². The number of nitrogens with zero attached hydrogens (tertiary/aromatic N) is 3. The van der Waals surface area contributed by atoms with Gasteiger partial charge in [0.25, 0.3) is 0 Å². The minimum absolute atomic E-state index is 0.00885. The molecule has 0 saturated heterocycles. The third-order valence-corrected chi connectivity index (χ3v) is 2.92. The Morgan fingerprint density at radius 1 is 1.40 bits per heavy atom. The summed E-state index contributed by atoms with van der Waals surface area (Å²) in [6.45, 7) is 3.75. The van der Waals surface area contributed by atoms with Crippen LogP contribution in [0.25, 0.3) is 5.52 Å². The number of hydrogen-bond donors (Lipinski definition) is 1. The molecule has 2 heterocycles. The maximum atomic E-state index is 12.7. The highest BCUT2D eigenvalue weighted by Gasteiger charge is 2.34. The van der Waals surface area contributed by atoms with E-state index in [1.54, 1.807) is 0 Å². The van der Waals surface area contributed by atoms with Crippen LogP contribution in [-0.2, 0) is 6.18 Å². The number of halogens is 4. The lowest BCUT2D eigenvalue weighted by molar-refractivity contribution is -0.141. The van der Waals surface area contributed by atoms with Crippen LogP contribution in [-0.4, -0.2) is 26.0 Å². The predicted molar refractivity (Wildman–Crippen MR) is 71.0 cm³/mol. The Labute approximate surface area is 118 Å². The smallest absolute Gasteiger partial charge is 0.366 e. The largest absolute Gasteiger partial charge is 0.435 e. The van der Waals surface area contributed by atoms with Gasteiger partial charge < -0.3 is 5.32 Å². The van der Waals surface area contributed by atoms with Crippen molar-refractivity contribution in [3.63, 3.8) is 0 Å². The van der Waals surface area contributed by atoms with Gasteiger partial charge >= 0.3 is 6.18 Å². The minimum Gasteiger partial charge on any atom is -0.366 e. The van der Waals surface area contributed by atoms with Crippen LogP contribution >= 0.6 is 11.6 Å². The van der Waals surface area contributed by atoms with Crippen LogP contribution in [0.3, 0.4) is 0 Å². The fraction of sp³-hybridized carbons (Fsp3) is 0.500. The van der Waals surface area contributed by atoms with Gasteiger partial charge in [-0.15, -0.1) is 11.6 Å². The molecule has 0 fully saturated rings. The van der Waals surface area contributed by atoms with Gasteiger partial charge in [-0.05, 0) is 20.3 Å². The molecular weight excluding hydrogens is 293 g/mol. The van der Waals surface area contributed by atoms with Crippen molar-refractivity contribution in [2.24, 2.45) is 0 Å². The van der Waals surface area contributed by atoms with Gasteiger partial charge in [0.2, 0.25) is 0 Å². The van der Waals surface area contributed by atoms with Crippen LogP contribution in [0, 0.1) is 0 Å². The summed E-state index contributed by atoms with van der Waals surface area (Å²) in [4.78, 5) is 4.07. The van der Waals surface area contributed by atoms with Crippen LogP contribution < -0.4 is 5.32 Å². The molecule has 0 aliphatic carbocycles. The number of alkyl halides is 4. The molecular formula is C12H14ClF3N4. The highest BCUT2D eigenvalue weighted by molar-refractivity contribution is 6.20. The highest BCUT2D eigenvalue weighted by atomic mass is 35.5. The van der Waals surface area contributed by atoms with Gasteiger partial charge in [0, 0.05) is 29.9 Å². The Hall–Kier alpha value is -1.50. The van der Waals surface area contributed by atoms with E-state index in [-0.39, 0.29) is 16.9 Å². The monoisotopic (exact) mass is 306 g/mol. The summed E-state index contributed by atoms with van der Waals surface area (Å²) in [5.74, 6) is 0.361. The molecule has 110 valence electrons. The summed E-state index contributed by atoms with van der Waals surface area (Å²) in [6.07, 6.45) is -1.02. The zero-order valence-corrected chi connectivity index (χ0v) is 11.7. The molecule has 0 radical (unpaired) electrons. The number of hydrogen-bond acceptors (Lipinski definition) is 3. The lowest BCUT2D eigenvalue weighted by Gasteiger charge is -2.15. The molecule has 0 amide bonds. The summed E-state index contributed by atoms with van der Waals surface area (Å²) >= 11 is 5.89. The third kappa shape index (κ3) is 3.33. The quantitative estimate of drug-likeness (QED) is 0.878. The lowest BCUT2D eigenvalue weighted by Crippen LogP contribution is -2.19. The van der Waals surface area contributed by atoms with E-state index in [1.807, 2.05) is 13.8 Å². The second-order valence-corrected chi connectivity index (χ2v) is 5.44. The van der Waals surface area contributed by atoms with E-state index in [1.165, 1.54) is 12.4 Å². The second kappa shape index (κ2) is 5.47. The first-order valence-corrected chi connectivity index (χ1v) is 6.53. The van der Waals surface area contributed by atoms with Gasteiger partial charge in [0.05, 0.1) is 0 Å². The average molecular weight is 307 g/mol. The maximum absolute atomic E-state index is 12.7. The summed E-state index contributed by atoms with van der Waals surface area (Å²) in [5.41, 5.74) is -0.652. The van der Waals surface area contributed by atoms with Crippen molar-refractivity contribution in [2.45, 2.75) is 37.9 Å². The first-order chi connectivity index (χ1) is 9.27. The maximum Gasteiger partial charge on any atom is 0.435 e. The van der Waals surface area contributed by atoms with E-state index >= 15 is 0 Å². The van der Waals surface area contributed by atoms with E-state index in [2.05, 4.69) is 15.4 Å². The van der Waals surface area contributed by atoms with E-state index in [4.69, 9.17) is 11.6 Å². The Bertz CT molecular complexity index is 594. The Morgan fingerprint density at radius 2 is 2.10 bits per heavy atom. The number of fused-ring (bicyclic) bond motifs is 1. The van der Waals surface area contributed by atoms with Gasteiger partial charge in [-0.2, -0.15) is 18.3 Å². The standard InChI is InChI=1S/C12H14ClF3N4/c1-7(13)5-8(2)18-11-9-6-10(12(14,15)16)19-20(9)4-3-17-11/h3-4,6-8H,5H2,1-2H3,(H,17,18). The van der Waals surface area contributed by atoms with E-state index in [0.717, 1.165) is 10.6 Å². The summed E-state index contributed by atoms with van der Waals surface area (Å²) in [7, 11) is 0. The Balaban J connectivity index is 2.32. The molecule has 2 unspecified atom stereocenters. The molecule has 2 rings (SSSR count). The lowest BCUT2D eigenvalue weighted by atomic mass is 10.2. The normalized spacial score (nSPS) is 15.3. The van der Waals surface area contributed by atoms with Gasteiger partial charge in [-0.3, -0.25) is 0 Å². The molecule has 0 spiro atoms. The van der Waals surface area contributed by atoms with E-state index in [0.29, 0.717) is 12.2 Å². The van der Waals surface area contributed by atoms with Gasteiger partial charge in [-0.25, -0.2) is 9.50 Å². The molecule has 2 aromatic rings. The Morgan fingerprint density at radius 3 is 2.70 bits per heavy atom. The average Bonchev–Trinajstić information content (AvgIpc) is 2.72. The fourth-order valence-electron chi connectivity index (χ4n) is 1.95. The number of aromatic nitrogens is 3. The highest BCUT2D eigenvalue weighted by Crippen LogP contribution is 2.30. The van der Waals surface area contributed by atoms with Crippen molar-refractivity contribution < 1.29 is 13.2 Å². The number of nitrogens with one attached hydrogen (secondary N) is 1. The molecule has 2 atom stereocenters. The summed E-state index contributed by atoms with van der Waals surface area (Å²) in [5, 5.41) is 6.52. The van der Waals surface area contributed by atoms with E-state index < -0.39 is 11.9 Å². The van der Waals surface area contributed by atoms with Gasteiger partial charge in [0.1, 0.15) is 5.52 Å². The molecule has 2 aromatic heterocycles. The van der Waals surface area contributed by atoms with Gasteiger partial charge in [0.15, 0.2) is 11.5 Å².